The Morgan fingerprint density at radius 1 is 1.04 bits per heavy atom. The Kier molecular flexibility index (Phi) is 9.77. The van der Waals surface area contributed by atoms with Crippen molar-refractivity contribution in [1.82, 2.24) is 10.2 Å². The molecule has 0 bridgehead atoms. The van der Waals surface area contributed by atoms with Gasteiger partial charge in [0.2, 0.25) is 5.91 Å². The number of carbonyl (C=O) groups excluding carboxylic acids is 5. The lowest BCUT2D eigenvalue weighted by molar-refractivity contribution is -0.193. The fourth-order valence-electron chi connectivity index (χ4n) is 4.99. The van der Waals surface area contributed by atoms with Crippen LogP contribution in [-0.4, -0.2) is 64.7 Å². The normalized spacial score (nSPS) is 19.0. The van der Waals surface area contributed by atoms with E-state index in [1.54, 1.807) is 12.1 Å². The maximum Gasteiger partial charge on any atom is 0.404 e. The van der Waals surface area contributed by atoms with Crippen molar-refractivity contribution < 1.29 is 38.2 Å². The standard InChI is InChI=1S/C30H27ClN4O8S2/c1-41-30(34-21(36)14-20-12-13-22(45-20)33-28(31)39)26(38)35-23(19(15-42-29(32)40)16-44-27(30)35)25(37)43-24(17-8-4-2-5-9-17)18-10-6-3-7-11-18/h2-13,24,27H,14-16H2,1H3,(H2,32,40)(H,33,39)(H,34,36)/t27-,30-/m0/s1. The fourth-order valence-corrected chi connectivity index (χ4v) is 7.47. The van der Waals surface area contributed by atoms with E-state index in [1.165, 1.54) is 23.8 Å². The first-order chi connectivity index (χ1) is 21.6. The topological polar surface area (TPSA) is 166 Å². The van der Waals surface area contributed by atoms with E-state index in [2.05, 4.69) is 10.6 Å². The minimum Gasteiger partial charge on any atom is -0.448 e. The summed E-state index contributed by atoms with van der Waals surface area (Å²) in [4.78, 5) is 65.2. The number of β-lactam (4-membered cyclic amide) rings is 1. The zero-order valence-electron chi connectivity index (χ0n) is 23.7. The van der Waals surface area contributed by atoms with Crippen molar-refractivity contribution in [3.05, 3.63) is 100 Å². The number of hydrogen-bond acceptors (Lipinski definition) is 10. The molecule has 0 unspecified atom stereocenters. The van der Waals surface area contributed by atoms with Gasteiger partial charge >= 0.3 is 17.4 Å². The number of carbonyl (C=O) groups is 5. The summed E-state index contributed by atoms with van der Waals surface area (Å²) in [6, 6.07) is 21.5. The number of methoxy groups -OCH3 is 1. The number of rotatable bonds is 11. The molecule has 45 heavy (non-hydrogen) atoms. The quantitative estimate of drug-likeness (QED) is 0.0894. The Balaban J connectivity index is 1.41. The number of thioether (sulfide) groups is 1. The van der Waals surface area contributed by atoms with Gasteiger partial charge in [0.25, 0.3) is 11.6 Å². The number of fused-ring (bicyclic) bond motifs is 1. The molecule has 3 aromatic rings. The summed E-state index contributed by atoms with van der Waals surface area (Å²) in [7, 11) is 1.28. The van der Waals surface area contributed by atoms with Crippen LogP contribution in [-0.2, 0) is 35.0 Å². The minimum absolute atomic E-state index is 0.114. The number of esters is 1. The van der Waals surface area contributed by atoms with E-state index in [0.29, 0.717) is 26.6 Å². The zero-order valence-corrected chi connectivity index (χ0v) is 26.1. The highest BCUT2D eigenvalue weighted by Crippen LogP contribution is 2.47. The number of amides is 4. The zero-order chi connectivity index (χ0) is 32.1. The van der Waals surface area contributed by atoms with Gasteiger partial charge in [-0.15, -0.1) is 23.1 Å². The van der Waals surface area contributed by atoms with Crippen molar-refractivity contribution >= 4 is 68.9 Å². The number of nitrogens with zero attached hydrogens (tertiary/aromatic N) is 1. The van der Waals surface area contributed by atoms with E-state index < -0.39 is 46.4 Å². The van der Waals surface area contributed by atoms with Crippen LogP contribution in [0.1, 0.15) is 22.1 Å². The predicted octanol–water partition coefficient (Wildman–Crippen LogP) is 4.12. The maximum atomic E-state index is 14.0. The minimum atomic E-state index is -1.79. The number of ether oxygens (including phenoxy) is 3. The number of nitrogens with two attached hydrogens (primary N) is 1. The van der Waals surface area contributed by atoms with Crippen LogP contribution < -0.4 is 16.4 Å². The molecule has 1 saturated heterocycles. The molecule has 0 spiro atoms. The molecule has 2 aliphatic heterocycles. The van der Waals surface area contributed by atoms with Crippen molar-refractivity contribution in [2.24, 2.45) is 5.73 Å². The number of anilines is 1. The van der Waals surface area contributed by atoms with Crippen LogP contribution >= 0.6 is 34.7 Å². The van der Waals surface area contributed by atoms with Crippen LogP contribution in [0.4, 0.5) is 14.6 Å². The second kappa shape index (κ2) is 13.7. The second-order valence-electron chi connectivity index (χ2n) is 9.83. The molecule has 12 nitrogen and oxygen atoms in total. The Bertz CT molecular complexity index is 1610. The number of nitrogens with one attached hydrogen (secondary N) is 2. The van der Waals surface area contributed by atoms with Gasteiger partial charge in [0.1, 0.15) is 17.7 Å². The Labute approximate surface area is 270 Å². The third kappa shape index (κ3) is 6.83. The van der Waals surface area contributed by atoms with E-state index in [9.17, 15) is 24.0 Å². The summed E-state index contributed by atoms with van der Waals surface area (Å²) in [5.41, 5.74) is 4.99. The SMILES string of the molecule is CO[C@@]1(NC(=O)Cc2ccc(NC(=O)Cl)s2)C(=O)N2C(C(=O)OC(c3ccccc3)c3ccccc3)=C(COC(N)=O)CS[C@H]21. The summed E-state index contributed by atoms with van der Waals surface area (Å²) in [5, 5.41) is 3.96. The molecule has 2 aromatic carbocycles. The average Bonchev–Trinajstić information content (AvgIpc) is 3.46. The summed E-state index contributed by atoms with van der Waals surface area (Å²) < 4.78 is 16.7. The van der Waals surface area contributed by atoms with Gasteiger partial charge in [-0.3, -0.25) is 19.3 Å². The van der Waals surface area contributed by atoms with Crippen molar-refractivity contribution in [2.75, 3.05) is 24.8 Å². The molecular formula is C30H27ClN4O8S2. The average molecular weight is 671 g/mol. The first-order valence-corrected chi connectivity index (χ1v) is 15.7. The fraction of sp³-hybridized carbons (Fsp3) is 0.233. The highest BCUT2D eigenvalue weighted by Gasteiger charge is 2.66. The van der Waals surface area contributed by atoms with Gasteiger partial charge < -0.3 is 30.6 Å². The van der Waals surface area contributed by atoms with Crippen LogP contribution in [0, 0.1) is 0 Å². The predicted molar refractivity (Wildman–Crippen MR) is 167 cm³/mol. The van der Waals surface area contributed by atoms with Gasteiger partial charge in [-0.05, 0) is 34.9 Å². The molecule has 234 valence electrons. The van der Waals surface area contributed by atoms with E-state index >= 15 is 0 Å². The van der Waals surface area contributed by atoms with Crippen molar-refractivity contribution in [2.45, 2.75) is 23.6 Å². The number of benzene rings is 2. The Morgan fingerprint density at radius 2 is 1.69 bits per heavy atom. The van der Waals surface area contributed by atoms with Crippen molar-refractivity contribution in [3.63, 3.8) is 0 Å². The lowest BCUT2D eigenvalue weighted by Gasteiger charge is -2.56. The van der Waals surface area contributed by atoms with Gasteiger partial charge in [0.15, 0.2) is 6.10 Å². The molecule has 3 heterocycles. The molecule has 1 fully saturated rings. The molecule has 4 N–H and O–H groups in total. The third-order valence-electron chi connectivity index (χ3n) is 6.99. The van der Waals surface area contributed by atoms with Crippen LogP contribution in [0.15, 0.2) is 84.1 Å². The van der Waals surface area contributed by atoms with Crippen LogP contribution in [0.25, 0.3) is 0 Å². The first kappa shape index (κ1) is 32.0. The molecule has 15 heteroatoms. The van der Waals surface area contributed by atoms with Crippen molar-refractivity contribution in [1.29, 1.82) is 0 Å². The Morgan fingerprint density at radius 3 is 2.27 bits per heavy atom. The van der Waals surface area contributed by atoms with Gasteiger partial charge in [0.05, 0.1) is 11.4 Å². The van der Waals surface area contributed by atoms with Crippen LogP contribution in [0.2, 0.25) is 0 Å². The second-order valence-corrected chi connectivity index (χ2v) is 12.4. The number of primary amides is 1. The molecule has 1 aromatic heterocycles. The van der Waals surface area contributed by atoms with Crippen molar-refractivity contribution in [3.8, 4) is 0 Å². The lowest BCUT2D eigenvalue weighted by Crippen LogP contribution is -2.80. The third-order valence-corrected chi connectivity index (χ3v) is 9.46. The van der Waals surface area contributed by atoms with Gasteiger partial charge in [0, 0.05) is 23.3 Å². The monoisotopic (exact) mass is 670 g/mol. The summed E-state index contributed by atoms with van der Waals surface area (Å²) in [6.45, 7) is -0.351. The Hall–Kier alpha value is -4.37. The van der Waals surface area contributed by atoms with E-state index in [1.807, 2.05) is 60.7 Å². The molecule has 0 radical (unpaired) electrons. The van der Waals surface area contributed by atoms with Gasteiger partial charge in [-0.2, -0.15) is 0 Å². The van der Waals surface area contributed by atoms with E-state index in [-0.39, 0.29) is 24.5 Å². The highest BCUT2D eigenvalue weighted by molar-refractivity contribution is 8.00. The smallest absolute Gasteiger partial charge is 0.404 e. The molecular weight excluding hydrogens is 644 g/mol. The summed E-state index contributed by atoms with van der Waals surface area (Å²) in [5.74, 6) is -1.93. The summed E-state index contributed by atoms with van der Waals surface area (Å²) in [6.07, 6.45) is -1.98. The van der Waals surface area contributed by atoms with Crippen LogP contribution in [0.3, 0.4) is 0 Å². The lowest BCUT2D eigenvalue weighted by atomic mass is 9.97. The molecule has 0 aliphatic carbocycles. The van der Waals surface area contributed by atoms with Gasteiger partial charge in [-0.1, -0.05) is 60.7 Å². The largest absolute Gasteiger partial charge is 0.448 e. The van der Waals surface area contributed by atoms with E-state index in [0.717, 1.165) is 11.3 Å². The maximum absolute atomic E-state index is 14.0. The highest BCUT2D eigenvalue weighted by atomic mass is 35.5. The van der Waals surface area contributed by atoms with E-state index in [4.69, 9.17) is 31.5 Å². The molecule has 2 atom stereocenters. The molecule has 5 rings (SSSR count). The molecule has 4 amide bonds. The first-order valence-electron chi connectivity index (χ1n) is 13.4. The summed E-state index contributed by atoms with van der Waals surface area (Å²) >= 11 is 7.71. The molecule has 2 aliphatic rings. The van der Waals surface area contributed by atoms with Crippen LogP contribution in [0.5, 0.6) is 0 Å². The number of thiophene rings is 1. The number of halogens is 1. The molecule has 0 saturated carbocycles. The number of hydrogen-bond donors (Lipinski definition) is 3. The van der Waals surface area contributed by atoms with Gasteiger partial charge in [-0.25, -0.2) is 9.59 Å².